The number of rotatable bonds is 3. The molecule has 0 spiro atoms. The maximum Gasteiger partial charge on any atom is 0.152 e. The van der Waals surface area contributed by atoms with E-state index in [2.05, 4.69) is 0 Å². The van der Waals surface area contributed by atoms with E-state index in [1.807, 2.05) is 17.7 Å². The summed E-state index contributed by atoms with van der Waals surface area (Å²) < 4.78 is 12.3. The molecule has 4 nitrogen and oxygen atoms in total. The molecule has 1 aromatic carbocycles. The van der Waals surface area contributed by atoms with Crippen molar-refractivity contribution in [1.29, 1.82) is 0 Å². The number of hydrogen-bond acceptors (Lipinski definition) is 3. The molecule has 4 heteroatoms. The predicted octanol–water partition coefficient (Wildman–Crippen LogP) is 2.01. The molecule has 0 aliphatic carbocycles. The van der Waals surface area contributed by atoms with E-state index < -0.39 is 0 Å². The molecule has 0 bridgehead atoms. The van der Waals surface area contributed by atoms with Gasteiger partial charge < -0.3 is 14.0 Å². The molecular weight excluding hydrogens is 206 g/mol. The third-order valence-electron chi connectivity index (χ3n) is 2.64. The van der Waals surface area contributed by atoms with Crippen molar-refractivity contribution in [3.8, 4) is 11.5 Å². The summed E-state index contributed by atoms with van der Waals surface area (Å²) in [6.07, 6.45) is 2.61. The van der Waals surface area contributed by atoms with Crippen LogP contribution in [0.4, 0.5) is 0 Å². The van der Waals surface area contributed by atoms with Gasteiger partial charge in [-0.05, 0) is 0 Å². The van der Waals surface area contributed by atoms with Gasteiger partial charge in [0.15, 0.2) is 6.29 Å². The minimum Gasteiger partial charge on any atom is -0.497 e. The van der Waals surface area contributed by atoms with E-state index in [1.54, 1.807) is 26.5 Å². The summed E-state index contributed by atoms with van der Waals surface area (Å²) in [5, 5.41) is 0.820. The van der Waals surface area contributed by atoms with Crippen LogP contribution < -0.4 is 9.47 Å². The maximum atomic E-state index is 11.0. The van der Waals surface area contributed by atoms with Crippen molar-refractivity contribution in [2.45, 2.75) is 0 Å². The Hall–Kier alpha value is -1.97. The third kappa shape index (κ3) is 1.43. The number of aryl methyl sites for hydroxylation is 1. The van der Waals surface area contributed by atoms with E-state index >= 15 is 0 Å². The van der Waals surface area contributed by atoms with Crippen molar-refractivity contribution in [3.05, 3.63) is 23.9 Å². The van der Waals surface area contributed by atoms with Gasteiger partial charge in [0.25, 0.3) is 0 Å². The normalized spacial score (nSPS) is 10.4. The van der Waals surface area contributed by atoms with E-state index in [9.17, 15) is 4.79 Å². The van der Waals surface area contributed by atoms with Crippen LogP contribution in [-0.2, 0) is 7.05 Å². The number of ether oxygens (including phenoxy) is 2. The van der Waals surface area contributed by atoms with Gasteiger partial charge in [0.05, 0.1) is 25.1 Å². The molecule has 0 N–H and O–H groups in total. The zero-order chi connectivity index (χ0) is 11.7. The fourth-order valence-electron chi connectivity index (χ4n) is 1.86. The molecule has 0 saturated heterocycles. The zero-order valence-corrected chi connectivity index (χ0v) is 9.48. The fourth-order valence-corrected chi connectivity index (χ4v) is 1.86. The molecule has 84 valence electrons. The first-order chi connectivity index (χ1) is 7.71. The summed E-state index contributed by atoms with van der Waals surface area (Å²) in [5.41, 5.74) is 1.54. The van der Waals surface area contributed by atoms with Gasteiger partial charge in [-0.1, -0.05) is 0 Å². The monoisotopic (exact) mass is 219 g/mol. The van der Waals surface area contributed by atoms with Crippen LogP contribution in [-0.4, -0.2) is 25.1 Å². The number of carbonyl (C=O) groups is 1. The van der Waals surface area contributed by atoms with Gasteiger partial charge in [-0.15, -0.1) is 0 Å². The lowest BCUT2D eigenvalue weighted by molar-refractivity contribution is 0.112. The first kappa shape index (κ1) is 10.5. The van der Waals surface area contributed by atoms with Crippen molar-refractivity contribution >= 4 is 17.2 Å². The third-order valence-corrected chi connectivity index (χ3v) is 2.64. The number of aromatic nitrogens is 1. The van der Waals surface area contributed by atoms with Crippen LogP contribution in [0.15, 0.2) is 18.3 Å². The first-order valence-electron chi connectivity index (χ1n) is 4.87. The van der Waals surface area contributed by atoms with Gasteiger partial charge in [0.2, 0.25) is 0 Å². The Morgan fingerprint density at radius 1 is 1.25 bits per heavy atom. The lowest BCUT2D eigenvalue weighted by Crippen LogP contribution is -1.90. The van der Waals surface area contributed by atoms with Crippen molar-refractivity contribution in [2.75, 3.05) is 14.2 Å². The minimum atomic E-state index is 0.622. The highest BCUT2D eigenvalue weighted by Crippen LogP contribution is 2.33. The van der Waals surface area contributed by atoms with Crippen LogP contribution in [0.2, 0.25) is 0 Å². The van der Waals surface area contributed by atoms with Gasteiger partial charge in [-0.2, -0.15) is 0 Å². The van der Waals surface area contributed by atoms with Crippen LogP contribution in [0, 0.1) is 0 Å². The Morgan fingerprint density at radius 2 is 2.00 bits per heavy atom. The molecule has 0 atom stereocenters. The van der Waals surface area contributed by atoms with Crippen molar-refractivity contribution in [3.63, 3.8) is 0 Å². The number of benzene rings is 1. The second-order valence-corrected chi connectivity index (χ2v) is 3.54. The fraction of sp³-hybridized carbons (Fsp3) is 0.250. The van der Waals surface area contributed by atoms with Crippen LogP contribution in [0.3, 0.4) is 0 Å². The Balaban J connectivity index is 2.85. The number of aldehydes is 1. The molecular formula is C12H13NO3. The Labute approximate surface area is 93.4 Å². The quantitative estimate of drug-likeness (QED) is 0.741. The van der Waals surface area contributed by atoms with Gasteiger partial charge in [-0.25, -0.2) is 0 Å². The topological polar surface area (TPSA) is 40.5 Å². The van der Waals surface area contributed by atoms with E-state index in [1.165, 1.54) is 0 Å². The smallest absolute Gasteiger partial charge is 0.152 e. The van der Waals surface area contributed by atoms with Crippen LogP contribution in [0.25, 0.3) is 10.9 Å². The molecule has 0 fully saturated rings. The van der Waals surface area contributed by atoms with E-state index in [-0.39, 0.29) is 0 Å². The minimum absolute atomic E-state index is 0.622. The number of fused-ring (bicyclic) bond motifs is 1. The molecule has 0 radical (unpaired) electrons. The number of methoxy groups -OCH3 is 2. The molecule has 1 aromatic heterocycles. The molecule has 2 aromatic rings. The highest BCUT2D eigenvalue weighted by atomic mass is 16.5. The van der Waals surface area contributed by atoms with E-state index in [0.29, 0.717) is 17.1 Å². The zero-order valence-electron chi connectivity index (χ0n) is 9.48. The van der Waals surface area contributed by atoms with Crippen molar-refractivity contribution < 1.29 is 14.3 Å². The summed E-state index contributed by atoms with van der Waals surface area (Å²) in [4.78, 5) is 11.0. The van der Waals surface area contributed by atoms with Gasteiger partial charge >= 0.3 is 0 Å². The molecule has 0 unspecified atom stereocenters. The molecule has 1 heterocycles. The van der Waals surface area contributed by atoms with E-state index in [0.717, 1.165) is 17.2 Å². The average molecular weight is 219 g/mol. The van der Waals surface area contributed by atoms with Crippen molar-refractivity contribution in [1.82, 2.24) is 4.57 Å². The van der Waals surface area contributed by atoms with Crippen LogP contribution in [0.5, 0.6) is 11.5 Å². The SMILES string of the molecule is COc1cc(OC)c2c(C=O)cn(C)c2c1. The second kappa shape index (κ2) is 3.89. The van der Waals surface area contributed by atoms with Gasteiger partial charge in [-0.3, -0.25) is 4.79 Å². The maximum absolute atomic E-state index is 11.0. The lowest BCUT2D eigenvalue weighted by atomic mass is 10.1. The predicted molar refractivity (Wildman–Crippen MR) is 61.4 cm³/mol. The molecule has 0 aliphatic heterocycles. The summed E-state index contributed by atoms with van der Waals surface area (Å²) in [5.74, 6) is 1.36. The van der Waals surface area contributed by atoms with Crippen LogP contribution in [0.1, 0.15) is 10.4 Å². The highest BCUT2D eigenvalue weighted by Gasteiger charge is 2.13. The summed E-state index contributed by atoms with van der Waals surface area (Å²) >= 11 is 0. The Kier molecular flexibility index (Phi) is 2.56. The number of nitrogens with zero attached hydrogens (tertiary/aromatic N) is 1. The number of hydrogen-bond donors (Lipinski definition) is 0. The lowest BCUT2D eigenvalue weighted by Gasteiger charge is -2.07. The molecule has 2 rings (SSSR count). The highest BCUT2D eigenvalue weighted by molar-refractivity contribution is 6.02. The largest absolute Gasteiger partial charge is 0.497 e. The second-order valence-electron chi connectivity index (χ2n) is 3.54. The van der Waals surface area contributed by atoms with Crippen molar-refractivity contribution in [2.24, 2.45) is 7.05 Å². The summed E-state index contributed by atoms with van der Waals surface area (Å²) in [6, 6.07) is 3.65. The average Bonchev–Trinajstić information content (AvgIpc) is 2.65. The van der Waals surface area contributed by atoms with Gasteiger partial charge in [0.1, 0.15) is 11.5 Å². The first-order valence-corrected chi connectivity index (χ1v) is 4.87. The molecule has 0 amide bonds. The van der Waals surface area contributed by atoms with E-state index in [4.69, 9.17) is 9.47 Å². The molecule has 16 heavy (non-hydrogen) atoms. The summed E-state index contributed by atoms with van der Waals surface area (Å²) in [6.45, 7) is 0. The van der Waals surface area contributed by atoms with Crippen LogP contribution >= 0.6 is 0 Å². The molecule has 0 saturated carbocycles. The summed E-state index contributed by atoms with van der Waals surface area (Å²) in [7, 11) is 5.06. The molecule has 0 aliphatic rings. The Bertz CT molecular complexity index is 543. The van der Waals surface area contributed by atoms with Gasteiger partial charge in [0, 0.05) is 30.9 Å². The number of carbonyl (C=O) groups excluding carboxylic acids is 1. The Morgan fingerprint density at radius 3 is 2.56 bits per heavy atom. The standard InChI is InChI=1S/C12H13NO3/c1-13-6-8(7-14)12-10(13)4-9(15-2)5-11(12)16-3/h4-7H,1-3H3.